The number of nitrogens with one attached hydrogen (secondary N) is 2. The van der Waals surface area contributed by atoms with Gasteiger partial charge in [-0.25, -0.2) is 8.42 Å². The molecule has 0 spiro atoms. The van der Waals surface area contributed by atoms with Crippen LogP contribution in [0.25, 0.3) is 0 Å². The van der Waals surface area contributed by atoms with Gasteiger partial charge >= 0.3 is 0 Å². The highest BCUT2D eigenvalue weighted by molar-refractivity contribution is 7.91. The lowest BCUT2D eigenvalue weighted by Crippen LogP contribution is -2.45. The molecule has 6 nitrogen and oxygen atoms in total. The third-order valence-electron chi connectivity index (χ3n) is 4.77. The Morgan fingerprint density at radius 1 is 1.29 bits per heavy atom. The monoisotopic (exact) mass is 371 g/mol. The number of nitrogens with zero attached hydrogens (tertiary/aromatic N) is 1. The van der Waals surface area contributed by atoms with Crippen molar-refractivity contribution in [3.8, 4) is 0 Å². The molecule has 2 fully saturated rings. The van der Waals surface area contributed by atoms with Crippen LogP contribution in [0.4, 0.5) is 0 Å². The van der Waals surface area contributed by atoms with Gasteiger partial charge in [0.2, 0.25) is 0 Å². The molecule has 2 saturated heterocycles. The molecule has 1 aromatic rings. The summed E-state index contributed by atoms with van der Waals surface area (Å²) in [4.78, 5) is 12.8. The van der Waals surface area contributed by atoms with Crippen molar-refractivity contribution >= 4 is 27.3 Å². The molecule has 3 rings (SSSR count). The van der Waals surface area contributed by atoms with Crippen molar-refractivity contribution < 1.29 is 13.2 Å². The summed E-state index contributed by atoms with van der Waals surface area (Å²) in [5, 5.41) is 6.24. The molecule has 0 saturated carbocycles. The standard InChI is InChI=1S/C16H25N3O3S2/c1-12-6-9-19(10-7-12)24(21,22)15-5-4-14(23-15)16(20)18-13-3-2-8-17-11-13/h4-5,12-13,17H,2-3,6-11H2,1H3,(H,18,20). The van der Waals surface area contributed by atoms with Crippen molar-refractivity contribution in [1.29, 1.82) is 0 Å². The summed E-state index contributed by atoms with van der Waals surface area (Å²) >= 11 is 1.07. The van der Waals surface area contributed by atoms with Gasteiger partial charge in [-0.2, -0.15) is 4.31 Å². The zero-order chi connectivity index (χ0) is 17.2. The van der Waals surface area contributed by atoms with Gasteiger partial charge in [0.25, 0.3) is 15.9 Å². The molecule has 0 bridgehead atoms. The lowest BCUT2D eigenvalue weighted by Gasteiger charge is -2.28. The fraction of sp³-hybridized carbons (Fsp3) is 0.688. The molecule has 2 N–H and O–H groups in total. The summed E-state index contributed by atoms with van der Waals surface area (Å²) in [6.07, 6.45) is 3.79. The van der Waals surface area contributed by atoms with Crippen LogP contribution in [0.2, 0.25) is 0 Å². The first-order valence-corrected chi connectivity index (χ1v) is 10.8. The second-order valence-corrected chi connectivity index (χ2v) is 9.97. The average molecular weight is 372 g/mol. The fourth-order valence-electron chi connectivity index (χ4n) is 3.16. The third kappa shape index (κ3) is 3.99. The van der Waals surface area contributed by atoms with E-state index in [0.717, 1.165) is 50.1 Å². The predicted octanol–water partition coefficient (Wildman–Crippen LogP) is 1.65. The minimum absolute atomic E-state index is 0.122. The van der Waals surface area contributed by atoms with Gasteiger partial charge in [-0.1, -0.05) is 6.92 Å². The van der Waals surface area contributed by atoms with Crippen LogP contribution in [0.3, 0.4) is 0 Å². The summed E-state index contributed by atoms with van der Waals surface area (Å²) in [6.45, 7) is 5.04. The number of piperidine rings is 2. The summed E-state index contributed by atoms with van der Waals surface area (Å²) in [7, 11) is -3.47. The largest absolute Gasteiger partial charge is 0.347 e. The topological polar surface area (TPSA) is 78.5 Å². The zero-order valence-corrected chi connectivity index (χ0v) is 15.6. The number of thiophene rings is 1. The number of carbonyl (C=O) groups is 1. The van der Waals surface area contributed by atoms with E-state index in [1.165, 1.54) is 0 Å². The quantitative estimate of drug-likeness (QED) is 0.844. The van der Waals surface area contributed by atoms with E-state index in [0.29, 0.717) is 23.9 Å². The van der Waals surface area contributed by atoms with Crippen molar-refractivity contribution in [2.75, 3.05) is 26.2 Å². The van der Waals surface area contributed by atoms with Crippen molar-refractivity contribution in [1.82, 2.24) is 14.9 Å². The van der Waals surface area contributed by atoms with Crippen LogP contribution in [-0.4, -0.2) is 50.9 Å². The van der Waals surface area contributed by atoms with Crippen LogP contribution in [0.5, 0.6) is 0 Å². The molecule has 3 heterocycles. The lowest BCUT2D eigenvalue weighted by atomic mass is 10.0. The molecule has 0 aromatic carbocycles. The van der Waals surface area contributed by atoms with Crippen molar-refractivity contribution in [3.63, 3.8) is 0 Å². The van der Waals surface area contributed by atoms with Crippen LogP contribution in [0, 0.1) is 5.92 Å². The van der Waals surface area contributed by atoms with Gasteiger partial charge in [-0.15, -0.1) is 11.3 Å². The van der Waals surface area contributed by atoms with Gasteiger partial charge < -0.3 is 10.6 Å². The Kier molecular flexibility index (Phi) is 5.59. The number of sulfonamides is 1. The number of rotatable bonds is 4. The molecule has 134 valence electrons. The summed E-state index contributed by atoms with van der Waals surface area (Å²) in [5.41, 5.74) is 0. The van der Waals surface area contributed by atoms with Crippen LogP contribution in [0.1, 0.15) is 42.3 Å². The van der Waals surface area contributed by atoms with Gasteiger partial charge in [0.15, 0.2) is 0 Å². The molecule has 1 amide bonds. The maximum atomic E-state index is 12.7. The van der Waals surface area contributed by atoms with Crippen LogP contribution in [-0.2, 0) is 10.0 Å². The number of hydrogen-bond acceptors (Lipinski definition) is 5. The molecular weight excluding hydrogens is 346 g/mol. The SMILES string of the molecule is CC1CCN(S(=O)(=O)c2ccc(C(=O)NC3CCCNC3)s2)CC1. The van der Waals surface area contributed by atoms with E-state index in [1.807, 2.05) is 0 Å². The van der Waals surface area contributed by atoms with Crippen molar-refractivity contribution in [3.05, 3.63) is 17.0 Å². The molecule has 0 radical (unpaired) electrons. The highest BCUT2D eigenvalue weighted by Gasteiger charge is 2.30. The number of hydrogen-bond donors (Lipinski definition) is 2. The normalized spacial score (nSPS) is 24.0. The van der Waals surface area contributed by atoms with Gasteiger partial charge in [-0.05, 0) is 50.3 Å². The second kappa shape index (κ2) is 7.51. The van der Waals surface area contributed by atoms with E-state index in [2.05, 4.69) is 17.6 Å². The average Bonchev–Trinajstić information content (AvgIpc) is 3.07. The molecular formula is C16H25N3O3S2. The predicted molar refractivity (Wildman–Crippen MR) is 94.8 cm³/mol. The minimum atomic E-state index is -3.47. The second-order valence-electron chi connectivity index (χ2n) is 6.72. The van der Waals surface area contributed by atoms with E-state index in [4.69, 9.17) is 0 Å². The van der Waals surface area contributed by atoms with Gasteiger partial charge in [0.1, 0.15) is 4.21 Å². The first-order chi connectivity index (χ1) is 11.5. The maximum Gasteiger partial charge on any atom is 0.261 e. The minimum Gasteiger partial charge on any atom is -0.347 e. The molecule has 8 heteroatoms. The Balaban J connectivity index is 1.66. The number of amides is 1. The van der Waals surface area contributed by atoms with Crippen LogP contribution >= 0.6 is 11.3 Å². The first kappa shape index (κ1) is 17.8. The molecule has 1 aromatic heterocycles. The Bertz CT molecular complexity index is 672. The Hall–Kier alpha value is -0.960. The van der Waals surface area contributed by atoms with E-state index in [1.54, 1.807) is 16.4 Å². The number of carbonyl (C=O) groups excluding carboxylic acids is 1. The maximum absolute atomic E-state index is 12.7. The van der Waals surface area contributed by atoms with Gasteiger partial charge in [-0.3, -0.25) is 4.79 Å². The highest BCUT2D eigenvalue weighted by Crippen LogP contribution is 2.28. The summed E-state index contributed by atoms with van der Waals surface area (Å²) < 4.78 is 27.2. The Labute approximate surface area is 147 Å². The summed E-state index contributed by atoms with van der Waals surface area (Å²) in [6, 6.07) is 3.30. The molecule has 24 heavy (non-hydrogen) atoms. The lowest BCUT2D eigenvalue weighted by molar-refractivity contribution is 0.0935. The van der Waals surface area contributed by atoms with Crippen LogP contribution < -0.4 is 10.6 Å². The highest BCUT2D eigenvalue weighted by atomic mass is 32.2. The van der Waals surface area contributed by atoms with Crippen molar-refractivity contribution in [2.45, 2.75) is 42.9 Å². The smallest absolute Gasteiger partial charge is 0.261 e. The molecule has 2 aliphatic rings. The molecule has 2 aliphatic heterocycles. The van der Waals surface area contributed by atoms with E-state index < -0.39 is 10.0 Å². The van der Waals surface area contributed by atoms with E-state index >= 15 is 0 Å². The molecule has 1 atom stereocenters. The van der Waals surface area contributed by atoms with E-state index in [-0.39, 0.29) is 16.2 Å². The van der Waals surface area contributed by atoms with Crippen LogP contribution in [0.15, 0.2) is 16.3 Å². The van der Waals surface area contributed by atoms with Gasteiger partial charge in [0.05, 0.1) is 4.88 Å². The Morgan fingerprint density at radius 2 is 2.04 bits per heavy atom. The molecule has 1 unspecified atom stereocenters. The van der Waals surface area contributed by atoms with E-state index in [9.17, 15) is 13.2 Å². The summed E-state index contributed by atoms with van der Waals surface area (Å²) in [5.74, 6) is 0.396. The fourth-order valence-corrected chi connectivity index (χ4v) is 6.00. The van der Waals surface area contributed by atoms with Crippen molar-refractivity contribution in [2.24, 2.45) is 5.92 Å². The zero-order valence-electron chi connectivity index (χ0n) is 14.0. The molecule has 0 aliphatic carbocycles. The Morgan fingerprint density at radius 3 is 2.71 bits per heavy atom. The third-order valence-corrected chi connectivity index (χ3v) is 8.22. The van der Waals surface area contributed by atoms with Gasteiger partial charge in [0, 0.05) is 25.7 Å². The first-order valence-electron chi connectivity index (χ1n) is 8.58.